The van der Waals surface area contributed by atoms with Crippen LogP contribution in [0.5, 0.6) is 0 Å². The lowest BCUT2D eigenvalue weighted by Gasteiger charge is -2.19. The number of carbonyl (C=O) groups is 5. The summed E-state index contributed by atoms with van der Waals surface area (Å²) >= 11 is 0. The summed E-state index contributed by atoms with van der Waals surface area (Å²) in [5.41, 5.74) is -0.560. The van der Waals surface area contributed by atoms with Crippen LogP contribution in [0, 0.1) is 11.8 Å². The molecule has 0 aliphatic heterocycles. The maximum absolute atomic E-state index is 13.2. The zero-order chi connectivity index (χ0) is 28.6. The molecule has 4 N–H and O–H groups in total. The number of hydrogen-bond acceptors (Lipinski definition) is 8. The van der Waals surface area contributed by atoms with E-state index in [0.717, 1.165) is 25.7 Å². The first-order valence-corrected chi connectivity index (χ1v) is 13.4. The third-order valence-electron chi connectivity index (χ3n) is 7.47. The lowest BCUT2D eigenvalue weighted by atomic mass is 10.0. The molecule has 2 aromatic heterocycles. The third-order valence-corrected chi connectivity index (χ3v) is 7.47. The summed E-state index contributed by atoms with van der Waals surface area (Å²) in [6, 6.07) is 3.20. The van der Waals surface area contributed by atoms with Crippen LogP contribution in [0.3, 0.4) is 0 Å². The number of likely N-dealkylation sites (N-methyl/N-ethyl adjacent to an activating group) is 1. The van der Waals surface area contributed by atoms with E-state index >= 15 is 0 Å². The predicted octanol–water partition coefficient (Wildman–Crippen LogP) is 0.166. The van der Waals surface area contributed by atoms with Gasteiger partial charge in [0.15, 0.2) is 0 Å². The van der Waals surface area contributed by atoms with Gasteiger partial charge in [-0.05, 0) is 69.1 Å². The highest BCUT2D eigenvalue weighted by Crippen LogP contribution is 2.44. The van der Waals surface area contributed by atoms with Crippen molar-refractivity contribution in [1.29, 1.82) is 0 Å². The van der Waals surface area contributed by atoms with Gasteiger partial charge in [-0.3, -0.25) is 28.8 Å². The molecule has 2 aromatic rings. The minimum absolute atomic E-state index is 0.0962. The van der Waals surface area contributed by atoms with Crippen molar-refractivity contribution in [3.8, 4) is 0 Å². The van der Waals surface area contributed by atoms with Crippen molar-refractivity contribution in [1.82, 2.24) is 30.7 Å². The van der Waals surface area contributed by atoms with Gasteiger partial charge in [-0.15, -0.1) is 0 Å². The maximum Gasteiger partial charge on any atom is 0.287 e. The van der Waals surface area contributed by atoms with Crippen molar-refractivity contribution < 1.29 is 24.0 Å². The molecule has 4 amide bonds. The van der Waals surface area contributed by atoms with Gasteiger partial charge in [0.1, 0.15) is 18.3 Å². The van der Waals surface area contributed by atoms with Gasteiger partial charge >= 0.3 is 0 Å². The zero-order valence-electron chi connectivity index (χ0n) is 22.2. The lowest BCUT2D eigenvalue weighted by Crippen LogP contribution is -2.45. The lowest BCUT2D eigenvalue weighted by molar-refractivity contribution is -0.138. The molecule has 2 bridgehead atoms. The maximum atomic E-state index is 13.2. The molecular formula is C27H33N7O6. The number of nitrogens with one attached hydrogen (secondary N) is 4. The molecule has 13 nitrogen and oxygen atoms in total. The summed E-state index contributed by atoms with van der Waals surface area (Å²) in [6.45, 7) is 1.73. The van der Waals surface area contributed by atoms with E-state index < -0.39 is 35.1 Å². The van der Waals surface area contributed by atoms with Crippen LogP contribution in [0.4, 0.5) is 5.69 Å². The summed E-state index contributed by atoms with van der Waals surface area (Å²) in [4.78, 5) is 75.7. The highest BCUT2D eigenvalue weighted by molar-refractivity contribution is 6.36. The van der Waals surface area contributed by atoms with Gasteiger partial charge < -0.3 is 25.8 Å². The molecule has 0 radical (unpaired) electrons. The smallest absolute Gasteiger partial charge is 0.287 e. The summed E-state index contributed by atoms with van der Waals surface area (Å²) < 4.78 is 1.20. The predicted molar refractivity (Wildman–Crippen MR) is 143 cm³/mol. The van der Waals surface area contributed by atoms with Crippen molar-refractivity contribution in [3.05, 3.63) is 52.7 Å². The molecule has 0 aromatic carbocycles. The molecule has 2 fully saturated rings. The summed E-state index contributed by atoms with van der Waals surface area (Å²) in [6.07, 6.45) is 7.91. The van der Waals surface area contributed by atoms with Gasteiger partial charge in [-0.2, -0.15) is 10.2 Å². The Balaban J connectivity index is 1.43. The number of nitrogens with zero attached hydrogens (tertiary/aromatic N) is 3. The van der Waals surface area contributed by atoms with E-state index in [1.54, 1.807) is 6.92 Å². The van der Waals surface area contributed by atoms with Crippen LogP contribution in [0.2, 0.25) is 0 Å². The van der Waals surface area contributed by atoms with Crippen LogP contribution in [0.25, 0.3) is 0 Å². The minimum atomic E-state index is -1.26. The first-order valence-electron chi connectivity index (χ1n) is 13.4. The van der Waals surface area contributed by atoms with Crippen LogP contribution in [-0.2, 0) is 25.7 Å². The zero-order valence-corrected chi connectivity index (χ0v) is 22.2. The van der Waals surface area contributed by atoms with Gasteiger partial charge in [0, 0.05) is 25.2 Å². The van der Waals surface area contributed by atoms with Crippen molar-refractivity contribution in [2.24, 2.45) is 11.8 Å². The minimum Gasteiger partial charge on any atom is -0.351 e. The Morgan fingerprint density at radius 1 is 1.05 bits per heavy atom. The Labute approximate surface area is 230 Å². The summed E-state index contributed by atoms with van der Waals surface area (Å²) in [7, 11) is 0. The first kappa shape index (κ1) is 28.6. The first-order chi connectivity index (χ1) is 19.3. The summed E-state index contributed by atoms with van der Waals surface area (Å²) in [5, 5.41) is 17.7. The Morgan fingerprint density at radius 2 is 1.77 bits per heavy atom. The Hall–Kier alpha value is -4.42. The van der Waals surface area contributed by atoms with Crippen molar-refractivity contribution in [2.45, 2.75) is 64.1 Å². The fourth-order valence-electron chi connectivity index (χ4n) is 5.43. The van der Waals surface area contributed by atoms with Crippen LogP contribution < -0.4 is 26.8 Å². The van der Waals surface area contributed by atoms with Crippen LogP contribution >= 0.6 is 0 Å². The van der Waals surface area contributed by atoms with Crippen LogP contribution in [-0.4, -0.2) is 62.8 Å². The van der Waals surface area contributed by atoms with Gasteiger partial charge in [0.2, 0.25) is 17.6 Å². The second-order valence-corrected chi connectivity index (χ2v) is 10.1. The van der Waals surface area contributed by atoms with Gasteiger partial charge in [0.05, 0.1) is 18.0 Å². The van der Waals surface area contributed by atoms with Gasteiger partial charge in [0.25, 0.3) is 17.4 Å². The fraction of sp³-hybridized carbons (Fsp3) is 0.481. The van der Waals surface area contributed by atoms with Gasteiger partial charge in [-0.1, -0.05) is 0 Å². The number of amides is 4. The molecule has 40 heavy (non-hydrogen) atoms. The number of aromatic nitrogens is 3. The molecule has 0 saturated heterocycles. The molecule has 13 heteroatoms. The third kappa shape index (κ3) is 6.96. The topological polar surface area (TPSA) is 181 Å². The van der Waals surface area contributed by atoms with Crippen LogP contribution in [0.1, 0.15) is 55.8 Å². The molecule has 0 spiro atoms. The van der Waals surface area contributed by atoms with Crippen molar-refractivity contribution in [3.63, 3.8) is 0 Å². The standard InChI is InChI=1S/C27H33N7O6/c1-2-28-26(39)21(35)10-9-19(31-24(37)18-11-12-29-30-14-18)25(38)32-20-4-3-13-34(27(20)40)15-22(36)33-23-16-5-6-17(23)8-7-16/h3-4,11-14,16-17,19,23H,2,5-10,15H2,1H3,(H,28,39)(H,31,37)(H,32,38)(H,33,36)/t16?,17?,19-,23?/m0/s1. The number of pyridine rings is 1. The van der Waals surface area contributed by atoms with Gasteiger partial charge in [-0.25, -0.2) is 0 Å². The van der Waals surface area contributed by atoms with E-state index in [1.165, 1.54) is 41.4 Å². The average molecular weight is 552 g/mol. The molecule has 2 aliphatic carbocycles. The van der Waals surface area contributed by atoms with Crippen LogP contribution in [0.15, 0.2) is 41.6 Å². The molecular weight excluding hydrogens is 518 g/mol. The second kappa shape index (κ2) is 13.1. The number of rotatable bonds is 12. The highest BCUT2D eigenvalue weighted by Gasteiger charge is 2.42. The largest absolute Gasteiger partial charge is 0.351 e. The van der Waals surface area contributed by atoms with E-state index in [1.807, 2.05) is 0 Å². The summed E-state index contributed by atoms with van der Waals surface area (Å²) in [5.74, 6) is -2.24. The number of hydrogen-bond donors (Lipinski definition) is 4. The number of ketones is 1. The Bertz CT molecular complexity index is 1310. The SMILES string of the molecule is CCNC(=O)C(=O)CC[C@H](NC(=O)c1ccnnc1)C(=O)Nc1cccn(CC(=O)NC2C3CCC2CC3)c1=O. The van der Waals surface area contributed by atoms with E-state index in [4.69, 9.17) is 0 Å². The molecule has 4 rings (SSSR count). The fourth-order valence-corrected chi connectivity index (χ4v) is 5.43. The quantitative estimate of drug-likeness (QED) is 0.269. The molecule has 0 unspecified atom stereocenters. The molecule has 1 atom stereocenters. The number of carbonyl (C=O) groups excluding carboxylic acids is 5. The Kier molecular flexibility index (Phi) is 9.35. The molecule has 212 valence electrons. The normalized spacial score (nSPS) is 19.9. The number of anilines is 1. The van der Waals surface area contributed by atoms with E-state index in [2.05, 4.69) is 31.5 Å². The molecule has 2 heterocycles. The van der Waals surface area contributed by atoms with Crippen molar-refractivity contribution >= 4 is 35.1 Å². The number of fused-ring (bicyclic) bond motifs is 2. The van der Waals surface area contributed by atoms with E-state index in [0.29, 0.717) is 11.8 Å². The monoisotopic (exact) mass is 551 g/mol. The van der Waals surface area contributed by atoms with E-state index in [-0.39, 0.29) is 49.1 Å². The van der Waals surface area contributed by atoms with E-state index in [9.17, 15) is 28.8 Å². The average Bonchev–Trinajstić information content (AvgIpc) is 3.52. The number of Topliss-reactive ketones (excluding diaryl/α,β-unsaturated/α-hetero) is 1. The second-order valence-electron chi connectivity index (χ2n) is 10.1. The van der Waals surface area contributed by atoms with Crippen molar-refractivity contribution in [2.75, 3.05) is 11.9 Å². The Morgan fingerprint density at radius 3 is 2.42 bits per heavy atom. The molecule has 2 saturated carbocycles. The molecule has 2 aliphatic rings. The highest BCUT2D eigenvalue weighted by atomic mass is 16.2.